The third kappa shape index (κ3) is 5.28. The Morgan fingerprint density at radius 2 is 1.69 bits per heavy atom. The Labute approximate surface area is 191 Å². The fourth-order valence-corrected chi connectivity index (χ4v) is 4.22. The Morgan fingerprint density at radius 3 is 2.31 bits per heavy atom. The predicted molar refractivity (Wildman–Crippen MR) is 126 cm³/mol. The number of rotatable bonds is 6. The normalized spacial score (nSPS) is 13.8. The Hall–Kier alpha value is -3.33. The lowest BCUT2D eigenvalue weighted by Gasteiger charge is -2.36. The Balaban J connectivity index is 1.26. The molecule has 0 unspecified atom stereocenters. The number of carbonyl (C=O) groups excluding carboxylic acids is 2. The lowest BCUT2D eigenvalue weighted by Crippen LogP contribution is -2.48. The van der Waals surface area contributed by atoms with Crippen molar-refractivity contribution in [3.05, 3.63) is 66.0 Å². The van der Waals surface area contributed by atoms with Gasteiger partial charge in [-0.15, -0.1) is 10.2 Å². The number of thioether (sulfide) groups is 1. The second-order valence-corrected chi connectivity index (χ2v) is 8.70. The van der Waals surface area contributed by atoms with Crippen molar-refractivity contribution in [2.24, 2.45) is 7.05 Å². The first-order valence-electron chi connectivity index (χ1n) is 10.5. The summed E-state index contributed by atoms with van der Waals surface area (Å²) >= 11 is 1.35. The van der Waals surface area contributed by atoms with Crippen LogP contribution < -0.4 is 10.2 Å². The minimum absolute atomic E-state index is 0.0851. The molecule has 4 rings (SSSR count). The van der Waals surface area contributed by atoms with Crippen molar-refractivity contribution >= 4 is 35.0 Å². The van der Waals surface area contributed by atoms with E-state index in [0.717, 1.165) is 35.6 Å². The Bertz CT molecular complexity index is 1070. The smallest absolute Gasteiger partial charge is 0.253 e. The summed E-state index contributed by atoms with van der Waals surface area (Å²) in [4.78, 5) is 29.1. The number of nitrogens with one attached hydrogen (secondary N) is 1. The number of piperazine rings is 1. The topological polar surface area (TPSA) is 83.4 Å². The van der Waals surface area contributed by atoms with Gasteiger partial charge in [0.2, 0.25) is 5.91 Å². The van der Waals surface area contributed by atoms with Crippen LogP contribution in [0, 0.1) is 6.92 Å². The van der Waals surface area contributed by atoms with Gasteiger partial charge in [0.1, 0.15) is 6.33 Å². The van der Waals surface area contributed by atoms with Gasteiger partial charge in [-0.2, -0.15) is 0 Å². The number of hydrogen-bond donors (Lipinski definition) is 1. The monoisotopic (exact) mass is 450 g/mol. The van der Waals surface area contributed by atoms with Crippen LogP contribution in [0.15, 0.2) is 60.0 Å². The summed E-state index contributed by atoms with van der Waals surface area (Å²) in [7, 11) is 1.84. The van der Waals surface area contributed by atoms with Crippen molar-refractivity contribution < 1.29 is 9.59 Å². The fraction of sp³-hybridized carbons (Fsp3) is 0.304. The molecule has 3 aromatic rings. The molecule has 1 N–H and O–H groups in total. The number of nitrogens with zero attached hydrogens (tertiary/aromatic N) is 5. The van der Waals surface area contributed by atoms with Crippen LogP contribution in [0.25, 0.3) is 0 Å². The summed E-state index contributed by atoms with van der Waals surface area (Å²) in [6, 6.07) is 15.5. The molecule has 1 aliphatic rings. The molecule has 1 fully saturated rings. The van der Waals surface area contributed by atoms with Crippen molar-refractivity contribution in [3.8, 4) is 0 Å². The van der Waals surface area contributed by atoms with Crippen LogP contribution in [0.2, 0.25) is 0 Å². The van der Waals surface area contributed by atoms with Gasteiger partial charge in [-0.1, -0.05) is 29.5 Å². The van der Waals surface area contributed by atoms with Crippen LogP contribution in [0.1, 0.15) is 15.9 Å². The van der Waals surface area contributed by atoms with Crippen molar-refractivity contribution in [2.75, 3.05) is 42.1 Å². The van der Waals surface area contributed by atoms with Gasteiger partial charge in [0.05, 0.1) is 5.75 Å². The van der Waals surface area contributed by atoms with Gasteiger partial charge in [-0.25, -0.2) is 0 Å². The van der Waals surface area contributed by atoms with Crippen molar-refractivity contribution in [1.29, 1.82) is 0 Å². The van der Waals surface area contributed by atoms with Crippen LogP contribution in [0.4, 0.5) is 11.4 Å². The number of aromatic nitrogens is 3. The molecule has 0 saturated carbocycles. The molecule has 1 aliphatic heterocycles. The van der Waals surface area contributed by atoms with Crippen LogP contribution in [-0.2, 0) is 11.8 Å². The third-order valence-electron chi connectivity index (χ3n) is 5.38. The van der Waals surface area contributed by atoms with Gasteiger partial charge in [0, 0.05) is 50.2 Å². The summed E-state index contributed by atoms with van der Waals surface area (Å²) in [6.45, 7) is 4.94. The van der Waals surface area contributed by atoms with E-state index < -0.39 is 0 Å². The second kappa shape index (κ2) is 9.86. The van der Waals surface area contributed by atoms with E-state index in [1.165, 1.54) is 11.8 Å². The van der Waals surface area contributed by atoms with Gasteiger partial charge in [0.25, 0.3) is 5.91 Å². The number of hydrogen-bond acceptors (Lipinski definition) is 6. The number of amides is 2. The first-order valence-corrected chi connectivity index (χ1v) is 11.5. The lowest BCUT2D eigenvalue weighted by atomic mass is 10.1. The first kappa shape index (κ1) is 21.9. The van der Waals surface area contributed by atoms with Crippen molar-refractivity contribution in [2.45, 2.75) is 12.1 Å². The number of benzene rings is 2. The molecule has 2 aromatic carbocycles. The van der Waals surface area contributed by atoms with E-state index in [4.69, 9.17) is 0 Å². The molecule has 1 aromatic heterocycles. The maximum Gasteiger partial charge on any atom is 0.253 e. The van der Waals surface area contributed by atoms with E-state index in [-0.39, 0.29) is 17.6 Å². The van der Waals surface area contributed by atoms with E-state index in [9.17, 15) is 9.59 Å². The van der Waals surface area contributed by atoms with Gasteiger partial charge < -0.3 is 19.7 Å². The molecule has 8 nitrogen and oxygen atoms in total. The van der Waals surface area contributed by atoms with E-state index >= 15 is 0 Å². The molecule has 2 amide bonds. The zero-order valence-electron chi connectivity index (χ0n) is 18.2. The molecule has 0 spiro atoms. The number of anilines is 2. The zero-order valence-corrected chi connectivity index (χ0v) is 19.0. The van der Waals surface area contributed by atoms with Crippen molar-refractivity contribution in [3.63, 3.8) is 0 Å². The quantitative estimate of drug-likeness (QED) is 0.582. The fourth-order valence-electron chi connectivity index (χ4n) is 3.53. The predicted octanol–water partition coefficient (Wildman–Crippen LogP) is 2.82. The second-order valence-electron chi connectivity index (χ2n) is 7.75. The maximum absolute atomic E-state index is 12.7. The molecule has 0 bridgehead atoms. The minimum Gasteiger partial charge on any atom is -0.368 e. The SMILES string of the molecule is Cc1ccc(C(=O)N2CCN(c3ccc(NC(=O)CSc4nncn4C)cc3)CC2)cc1. The molecule has 1 saturated heterocycles. The average molecular weight is 451 g/mol. The van der Waals surface area contributed by atoms with Crippen LogP contribution in [0.3, 0.4) is 0 Å². The van der Waals surface area contributed by atoms with Gasteiger partial charge in [-0.05, 0) is 43.3 Å². The van der Waals surface area contributed by atoms with Crippen LogP contribution in [-0.4, -0.2) is 63.4 Å². The average Bonchev–Trinajstić information content (AvgIpc) is 3.23. The van der Waals surface area contributed by atoms with Crippen LogP contribution >= 0.6 is 11.8 Å². The van der Waals surface area contributed by atoms with Gasteiger partial charge >= 0.3 is 0 Å². The lowest BCUT2D eigenvalue weighted by molar-refractivity contribution is -0.113. The summed E-state index contributed by atoms with van der Waals surface area (Å²) in [5, 5.41) is 11.4. The van der Waals surface area contributed by atoms with E-state index in [2.05, 4.69) is 20.4 Å². The van der Waals surface area contributed by atoms with Gasteiger partial charge in [-0.3, -0.25) is 9.59 Å². The number of aryl methyl sites for hydroxylation is 2. The molecule has 32 heavy (non-hydrogen) atoms. The van der Waals surface area contributed by atoms with E-state index in [1.54, 1.807) is 10.9 Å². The molecule has 0 atom stereocenters. The zero-order chi connectivity index (χ0) is 22.5. The molecular formula is C23H26N6O2S. The van der Waals surface area contributed by atoms with Gasteiger partial charge in [0.15, 0.2) is 5.16 Å². The molecule has 0 aliphatic carbocycles. The van der Waals surface area contributed by atoms with Crippen LogP contribution in [0.5, 0.6) is 0 Å². The highest BCUT2D eigenvalue weighted by molar-refractivity contribution is 7.99. The molecular weight excluding hydrogens is 424 g/mol. The molecule has 2 heterocycles. The number of carbonyl (C=O) groups is 2. The Kier molecular flexibility index (Phi) is 6.75. The minimum atomic E-state index is -0.0889. The highest BCUT2D eigenvalue weighted by atomic mass is 32.2. The van der Waals surface area contributed by atoms with E-state index in [0.29, 0.717) is 18.2 Å². The molecule has 166 valence electrons. The summed E-state index contributed by atoms with van der Waals surface area (Å²) in [6.07, 6.45) is 1.61. The summed E-state index contributed by atoms with van der Waals surface area (Å²) < 4.78 is 1.78. The van der Waals surface area contributed by atoms with E-state index in [1.807, 2.05) is 67.4 Å². The largest absolute Gasteiger partial charge is 0.368 e. The maximum atomic E-state index is 12.7. The molecule has 0 radical (unpaired) electrons. The summed E-state index contributed by atoms with van der Waals surface area (Å²) in [5.74, 6) is 0.265. The Morgan fingerprint density at radius 1 is 1.00 bits per heavy atom. The highest BCUT2D eigenvalue weighted by Gasteiger charge is 2.22. The first-order chi connectivity index (χ1) is 15.5. The standard InChI is InChI=1S/C23H26N6O2S/c1-17-3-5-18(6-4-17)22(31)29-13-11-28(12-14-29)20-9-7-19(8-10-20)25-21(30)15-32-23-26-24-16-27(23)2/h3-10,16H,11-15H2,1-2H3,(H,25,30). The molecule has 9 heteroatoms. The van der Waals surface area contributed by atoms with Crippen molar-refractivity contribution in [1.82, 2.24) is 19.7 Å². The third-order valence-corrected chi connectivity index (χ3v) is 6.42. The summed E-state index contributed by atoms with van der Waals surface area (Å²) in [5.41, 5.74) is 3.72. The highest BCUT2D eigenvalue weighted by Crippen LogP contribution is 2.21.